The van der Waals surface area contributed by atoms with Crippen molar-refractivity contribution in [3.63, 3.8) is 0 Å². The van der Waals surface area contributed by atoms with Crippen LogP contribution in [0.2, 0.25) is 0 Å². The highest BCUT2D eigenvalue weighted by Gasteiger charge is 2.22. The van der Waals surface area contributed by atoms with E-state index in [9.17, 15) is 9.18 Å². The molecule has 0 aliphatic heterocycles. The molecule has 0 spiro atoms. The van der Waals surface area contributed by atoms with Crippen molar-refractivity contribution in [1.29, 1.82) is 0 Å². The molecular weight excluding hydrogens is 153 g/mol. The molecule has 1 heterocycles. The van der Waals surface area contributed by atoms with Gasteiger partial charge in [-0.2, -0.15) is 5.10 Å². The zero-order valence-corrected chi connectivity index (χ0v) is 5.73. The number of alkyl halides is 1. The molecule has 0 amide bonds. The Morgan fingerprint density at radius 1 is 1.91 bits per heavy atom. The molecule has 60 valence electrons. The number of hydrogen-bond acceptors (Lipinski definition) is 3. The number of halogens is 1. The van der Waals surface area contributed by atoms with E-state index in [0.717, 1.165) is 11.0 Å². The van der Waals surface area contributed by atoms with E-state index in [1.54, 1.807) is 0 Å². The number of nitrogens with zero attached hydrogens (tertiary/aromatic N) is 3. The lowest BCUT2D eigenvalue weighted by Gasteiger charge is -1.99. The van der Waals surface area contributed by atoms with Crippen LogP contribution in [-0.4, -0.2) is 25.8 Å². The van der Waals surface area contributed by atoms with Gasteiger partial charge >= 0.3 is 5.97 Å². The molecule has 1 N–H and O–H groups in total. The molecule has 1 atom stereocenters. The Labute approximate surface area is 61.5 Å². The van der Waals surface area contributed by atoms with Crippen LogP contribution < -0.4 is 0 Å². The van der Waals surface area contributed by atoms with E-state index in [2.05, 4.69) is 10.1 Å². The zero-order chi connectivity index (χ0) is 8.43. The Kier molecular flexibility index (Phi) is 1.84. The fourth-order valence-corrected chi connectivity index (χ4v) is 0.645. The van der Waals surface area contributed by atoms with E-state index in [1.165, 1.54) is 7.05 Å². The number of aliphatic carboxylic acids is 1. The molecule has 0 fully saturated rings. The van der Waals surface area contributed by atoms with Gasteiger partial charge in [-0.05, 0) is 0 Å². The molecule has 6 heteroatoms. The van der Waals surface area contributed by atoms with E-state index < -0.39 is 12.1 Å². The minimum absolute atomic E-state index is 0.197. The lowest BCUT2D eigenvalue weighted by molar-refractivity contribution is -0.143. The number of aromatic nitrogens is 3. The van der Waals surface area contributed by atoms with E-state index in [-0.39, 0.29) is 5.82 Å². The van der Waals surface area contributed by atoms with Crippen molar-refractivity contribution in [3.8, 4) is 0 Å². The fourth-order valence-electron chi connectivity index (χ4n) is 0.645. The third-order valence-corrected chi connectivity index (χ3v) is 1.19. The van der Waals surface area contributed by atoms with Gasteiger partial charge in [0.15, 0.2) is 5.82 Å². The standard InChI is InChI=1S/C5H6FN3O2/c1-9-4(7-2-8-9)3(6)5(10)11/h2-3H,1H3,(H,10,11). The van der Waals surface area contributed by atoms with Crippen LogP contribution in [0.15, 0.2) is 6.33 Å². The number of carboxylic acids is 1. The Hall–Kier alpha value is -1.46. The summed E-state index contributed by atoms with van der Waals surface area (Å²) in [5.41, 5.74) is 0. The Balaban J connectivity index is 2.92. The minimum Gasteiger partial charge on any atom is -0.479 e. The molecule has 11 heavy (non-hydrogen) atoms. The average Bonchev–Trinajstić information content (AvgIpc) is 2.33. The quantitative estimate of drug-likeness (QED) is 0.654. The van der Waals surface area contributed by atoms with Gasteiger partial charge in [-0.3, -0.25) is 0 Å². The van der Waals surface area contributed by atoms with Crippen LogP contribution >= 0.6 is 0 Å². The summed E-state index contributed by atoms with van der Waals surface area (Å²) in [6.07, 6.45) is -0.993. The van der Waals surface area contributed by atoms with Crippen LogP contribution in [0.3, 0.4) is 0 Å². The number of aryl methyl sites for hydroxylation is 1. The maximum absolute atomic E-state index is 12.6. The van der Waals surface area contributed by atoms with Crippen molar-refractivity contribution in [2.24, 2.45) is 7.05 Å². The van der Waals surface area contributed by atoms with E-state index in [4.69, 9.17) is 5.11 Å². The molecule has 1 aromatic heterocycles. The molecule has 1 unspecified atom stereocenters. The summed E-state index contributed by atoms with van der Waals surface area (Å²) in [5, 5.41) is 11.7. The average molecular weight is 159 g/mol. The summed E-state index contributed by atoms with van der Waals surface area (Å²) in [4.78, 5) is 13.5. The highest BCUT2D eigenvalue weighted by atomic mass is 19.1. The largest absolute Gasteiger partial charge is 0.479 e. The first-order valence-corrected chi connectivity index (χ1v) is 2.83. The van der Waals surface area contributed by atoms with Crippen LogP contribution in [-0.2, 0) is 11.8 Å². The van der Waals surface area contributed by atoms with Crippen molar-refractivity contribution in [2.45, 2.75) is 6.17 Å². The maximum Gasteiger partial charge on any atom is 0.346 e. The normalized spacial score (nSPS) is 12.9. The molecule has 0 radical (unpaired) electrons. The first-order chi connectivity index (χ1) is 5.13. The van der Waals surface area contributed by atoms with Gasteiger partial charge in [-0.25, -0.2) is 18.9 Å². The Morgan fingerprint density at radius 2 is 2.55 bits per heavy atom. The second-order valence-electron chi connectivity index (χ2n) is 1.94. The van der Waals surface area contributed by atoms with Gasteiger partial charge in [0.2, 0.25) is 0 Å². The molecule has 0 saturated carbocycles. The topological polar surface area (TPSA) is 68.0 Å². The second kappa shape index (κ2) is 2.65. The van der Waals surface area contributed by atoms with Crippen molar-refractivity contribution in [2.75, 3.05) is 0 Å². The SMILES string of the molecule is Cn1ncnc1C(F)C(=O)O. The molecule has 1 rings (SSSR count). The van der Waals surface area contributed by atoms with Gasteiger partial charge in [-0.15, -0.1) is 0 Å². The van der Waals surface area contributed by atoms with Gasteiger partial charge in [0.05, 0.1) is 0 Å². The summed E-state index contributed by atoms with van der Waals surface area (Å²) in [6, 6.07) is 0. The summed E-state index contributed by atoms with van der Waals surface area (Å²) in [5.74, 6) is -1.75. The first kappa shape index (κ1) is 7.64. The van der Waals surface area contributed by atoms with Gasteiger partial charge in [-0.1, -0.05) is 0 Å². The van der Waals surface area contributed by atoms with E-state index in [0.29, 0.717) is 0 Å². The second-order valence-corrected chi connectivity index (χ2v) is 1.94. The van der Waals surface area contributed by atoms with Crippen molar-refractivity contribution in [1.82, 2.24) is 14.8 Å². The molecule has 0 aromatic carbocycles. The maximum atomic E-state index is 12.6. The van der Waals surface area contributed by atoms with Crippen LogP contribution in [0.5, 0.6) is 0 Å². The van der Waals surface area contributed by atoms with E-state index >= 15 is 0 Å². The smallest absolute Gasteiger partial charge is 0.346 e. The molecular formula is C5H6FN3O2. The molecule has 5 nitrogen and oxygen atoms in total. The first-order valence-electron chi connectivity index (χ1n) is 2.83. The van der Waals surface area contributed by atoms with Crippen molar-refractivity contribution < 1.29 is 14.3 Å². The van der Waals surface area contributed by atoms with Crippen LogP contribution in [0.25, 0.3) is 0 Å². The number of carbonyl (C=O) groups is 1. The monoisotopic (exact) mass is 159 g/mol. The van der Waals surface area contributed by atoms with Crippen LogP contribution in [0, 0.1) is 0 Å². The lowest BCUT2D eigenvalue weighted by Crippen LogP contribution is -2.11. The zero-order valence-electron chi connectivity index (χ0n) is 5.73. The van der Waals surface area contributed by atoms with Gasteiger partial charge in [0.1, 0.15) is 6.33 Å². The van der Waals surface area contributed by atoms with Gasteiger partial charge in [0.25, 0.3) is 6.17 Å². The molecule has 0 saturated heterocycles. The third-order valence-electron chi connectivity index (χ3n) is 1.19. The lowest BCUT2D eigenvalue weighted by atomic mass is 10.4. The number of hydrogen-bond donors (Lipinski definition) is 1. The molecule has 0 aliphatic carbocycles. The van der Waals surface area contributed by atoms with Crippen LogP contribution in [0.1, 0.15) is 12.0 Å². The Bertz CT molecular complexity index is 272. The third kappa shape index (κ3) is 1.34. The highest BCUT2D eigenvalue weighted by Crippen LogP contribution is 2.12. The number of rotatable bonds is 2. The van der Waals surface area contributed by atoms with Gasteiger partial charge in [0, 0.05) is 7.05 Å². The molecule has 0 bridgehead atoms. The predicted octanol–water partition coefficient (Wildman–Crippen LogP) is -0.0897. The molecule has 1 aromatic rings. The summed E-state index contributed by atoms with van der Waals surface area (Å²) in [7, 11) is 1.43. The minimum atomic E-state index is -2.09. The highest BCUT2D eigenvalue weighted by molar-refractivity contribution is 5.72. The Morgan fingerprint density at radius 3 is 2.91 bits per heavy atom. The predicted molar refractivity (Wildman–Crippen MR) is 32.5 cm³/mol. The van der Waals surface area contributed by atoms with Crippen LogP contribution in [0.4, 0.5) is 4.39 Å². The summed E-state index contributed by atoms with van der Waals surface area (Å²) < 4.78 is 13.7. The van der Waals surface area contributed by atoms with Crippen molar-refractivity contribution in [3.05, 3.63) is 12.2 Å². The van der Waals surface area contributed by atoms with Gasteiger partial charge < -0.3 is 5.11 Å². The molecule has 0 aliphatic rings. The summed E-state index contributed by atoms with van der Waals surface area (Å²) >= 11 is 0. The van der Waals surface area contributed by atoms with E-state index in [1.807, 2.05) is 0 Å². The summed E-state index contributed by atoms with van der Waals surface area (Å²) in [6.45, 7) is 0. The fraction of sp³-hybridized carbons (Fsp3) is 0.400. The van der Waals surface area contributed by atoms with Crippen molar-refractivity contribution >= 4 is 5.97 Å². The number of carboxylic acid groups (broad SMARTS) is 1.